The molecule has 0 amide bonds. The Kier molecular flexibility index (Phi) is 2.66. The quantitative estimate of drug-likeness (QED) is 0.752. The lowest BCUT2D eigenvalue weighted by atomic mass is 10.2. The zero-order chi connectivity index (χ0) is 10.9. The predicted octanol–water partition coefficient (Wildman–Crippen LogP) is 1.83. The molecule has 1 atom stereocenters. The minimum absolute atomic E-state index is 0.368. The zero-order valence-corrected chi connectivity index (χ0v) is 7.26. The summed E-state index contributed by atoms with van der Waals surface area (Å²) < 4.78 is 40.4. The van der Waals surface area contributed by atoms with Crippen LogP contribution >= 0.6 is 0 Å². The normalized spacial score (nSPS) is 14.1. The number of carbonyl (C=O) groups is 1. The molecule has 2 N–H and O–H groups in total. The van der Waals surface area contributed by atoms with Crippen molar-refractivity contribution in [1.82, 2.24) is 0 Å². The van der Waals surface area contributed by atoms with Crippen LogP contribution in [0.4, 0.5) is 13.2 Å². The van der Waals surface area contributed by atoms with Gasteiger partial charge < -0.3 is 10.2 Å². The molecule has 0 aliphatic rings. The Balaban J connectivity index is 2.95. The zero-order valence-electron chi connectivity index (χ0n) is 7.26. The number of ketones is 1. The van der Waals surface area contributed by atoms with E-state index in [1.165, 1.54) is 6.92 Å². The summed E-state index contributed by atoms with van der Waals surface area (Å²) in [4.78, 5) is 11.1. The van der Waals surface area contributed by atoms with Crippen LogP contribution in [0.5, 0.6) is 0 Å². The van der Waals surface area contributed by atoms with Crippen LogP contribution in [0.25, 0.3) is 0 Å². The summed E-state index contributed by atoms with van der Waals surface area (Å²) in [6, 6.07) is 0.798. The molecule has 0 radical (unpaired) electrons. The summed E-state index contributed by atoms with van der Waals surface area (Å²) in [5.74, 6) is -2.21. The first kappa shape index (κ1) is 10.8. The largest absolute Gasteiger partial charge is 0.449 e. The Morgan fingerprint density at radius 2 is 2.07 bits per heavy atom. The number of nitrogens with two attached hydrogens (primary N) is 1. The Hall–Kier alpha value is -1.30. The first-order valence-electron chi connectivity index (χ1n) is 3.79. The van der Waals surface area contributed by atoms with Crippen molar-refractivity contribution in [1.29, 1.82) is 0 Å². The van der Waals surface area contributed by atoms with Crippen LogP contribution in [0.3, 0.4) is 0 Å². The highest BCUT2D eigenvalue weighted by atomic mass is 19.4. The van der Waals surface area contributed by atoms with Gasteiger partial charge in [-0.3, -0.25) is 4.79 Å². The van der Waals surface area contributed by atoms with Gasteiger partial charge in [0.15, 0.2) is 5.76 Å². The topological polar surface area (TPSA) is 56.2 Å². The Bertz CT molecular complexity index is 341. The summed E-state index contributed by atoms with van der Waals surface area (Å²) in [7, 11) is 0. The van der Waals surface area contributed by atoms with Crippen LogP contribution in [-0.2, 0) is 6.18 Å². The third-order valence-corrected chi connectivity index (χ3v) is 1.54. The van der Waals surface area contributed by atoms with Crippen molar-refractivity contribution in [3.8, 4) is 0 Å². The summed E-state index contributed by atoms with van der Waals surface area (Å²) >= 11 is 0. The lowest BCUT2D eigenvalue weighted by molar-refractivity contribution is -0.153. The second kappa shape index (κ2) is 3.45. The van der Waals surface area contributed by atoms with Crippen molar-refractivity contribution in [2.24, 2.45) is 5.73 Å². The van der Waals surface area contributed by atoms with E-state index >= 15 is 0 Å². The average Bonchev–Trinajstić information content (AvgIpc) is 2.49. The third-order valence-electron chi connectivity index (χ3n) is 1.54. The number of furan rings is 1. The maximum atomic E-state index is 12.0. The van der Waals surface area contributed by atoms with Gasteiger partial charge in [0.25, 0.3) is 0 Å². The monoisotopic (exact) mass is 207 g/mol. The molecule has 0 saturated heterocycles. The minimum Gasteiger partial charge on any atom is -0.448 e. The van der Waals surface area contributed by atoms with E-state index in [-0.39, 0.29) is 5.76 Å². The maximum Gasteiger partial charge on any atom is 0.449 e. The van der Waals surface area contributed by atoms with Crippen LogP contribution < -0.4 is 5.73 Å². The molecule has 1 unspecified atom stereocenters. The molecule has 0 aliphatic heterocycles. The van der Waals surface area contributed by atoms with Gasteiger partial charge in [0.05, 0.1) is 6.04 Å². The Morgan fingerprint density at radius 1 is 1.50 bits per heavy atom. The molecular weight excluding hydrogens is 199 g/mol. The van der Waals surface area contributed by atoms with Gasteiger partial charge in [0.1, 0.15) is 0 Å². The number of alkyl halides is 3. The van der Waals surface area contributed by atoms with Gasteiger partial charge in [0.2, 0.25) is 11.5 Å². The van der Waals surface area contributed by atoms with Gasteiger partial charge in [-0.25, -0.2) is 0 Å². The van der Waals surface area contributed by atoms with E-state index in [0.717, 1.165) is 6.07 Å². The summed E-state index contributed by atoms with van der Waals surface area (Å²) in [6.07, 6.45) is -4.57. The second-order valence-electron chi connectivity index (χ2n) is 2.81. The average molecular weight is 207 g/mol. The Morgan fingerprint density at radius 3 is 2.43 bits per heavy atom. The van der Waals surface area contributed by atoms with Gasteiger partial charge in [-0.2, -0.15) is 13.2 Å². The van der Waals surface area contributed by atoms with Crippen molar-refractivity contribution in [3.05, 3.63) is 23.7 Å². The van der Waals surface area contributed by atoms with Crippen molar-refractivity contribution in [2.75, 3.05) is 0 Å². The molecule has 78 valence electrons. The van der Waals surface area contributed by atoms with E-state index < -0.39 is 23.8 Å². The predicted molar refractivity (Wildman–Crippen MR) is 41.7 cm³/mol. The van der Waals surface area contributed by atoms with Gasteiger partial charge in [-0.15, -0.1) is 0 Å². The van der Waals surface area contributed by atoms with Crippen molar-refractivity contribution >= 4 is 5.78 Å². The molecule has 6 heteroatoms. The van der Waals surface area contributed by atoms with Gasteiger partial charge in [0, 0.05) is 0 Å². The number of hydrogen-bond acceptors (Lipinski definition) is 3. The third kappa shape index (κ3) is 2.14. The minimum atomic E-state index is -4.57. The van der Waals surface area contributed by atoms with Crippen molar-refractivity contribution < 1.29 is 22.4 Å². The van der Waals surface area contributed by atoms with Gasteiger partial charge >= 0.3 is 6.18 Å². The molecule has 1 aromatic rings. The highest BCUT2D eigenvalue weighted by Gasteiger charge is 2.35. The standard InChI is InChI=1S/C8H8F3NO2/c1-4(12)7(13)5-2-3-6(14-5)8(9,10)11/h2-4H,12H2,1H3. The fourth-order valence-corrected chi connectivity index (χ4v) is 0.847. The van der Waals surface area contributed by atoms with Crippen LogP contribution in [0, 0.1) is 0 Å². The first-order chi connectivity index (χ1) is 6.32. The summed E-state index contributed by atoms with van der Waals surface area (Å²) in [5, 5.41) is 0. The highest BCUT2D eigenvalue weighted by molar-refractivity contribution is 5.97. The molecule has 0 saturated carbocycles. The van der Waals surface area contributed by atoms with E-state index in [9.17, 15) is 18.0 Å². The number of rotatable bonds is 2. The number of halogens is 3. The molecule has 0 aliphatic carbocycles. The fourth-order valence-electron chi connectivity index (χ4n) is 0.847. The van der Waals surface area contributed by atoms with E-state index in [4.69, 9.17) is 5.73 Å². The van der Waals surface area contributed by atoms with E-state index in [0.29, 0.717) is 6.07 Å². The SMILES string of the molecule is CC(N)C(=O)c1ccc(C(F)(F)F)o1. The van der Waals surface area contributed by atoms with Crippen LogP contribution in [0.2, 0.25) is 0 Å². The lowest BCUT2D eigenvalue weighted by Gasteiger charge is -2.02. The molecule has 0 bridgehead atoms. The molecular formula is C8H8F3NO2. The lowest BCUT2D eigenvalue weighted by Crippen LogP contribution is -2.26. The van der Waals surface area contributed by atoms with Gasteiger partial charge in [-0.05, 0) is 19.1 Å². The maximum absolute atomic E-state index is 12.0. The number of Topliss-reactive ketones (excluding diaryl/α,β-unsaturated/α-hetero) is 1. The molecule has 0 spiro atoms. The number of carbonyl (C=O) groups excluding carboxylic acids is 1. The second-order valence-corrected chi connectivity index (χ2v) is 2.81. The molecule has 1 rings (SSSR count). The van der Waals surface area contributed by atoms with E-state index in [1.54, 1.807) is 0 Å². The highest BCUT2D eigenvalue weighted by Crippen LogP contribution is 2.30. The van der Waals surface area contributed by atoms with Gasteiger partial charge in [-0.1, -0.05) is 0 Å². The van der Waals surface area contributed by atoms with Crippen LogP contribution in [-0.4, -0.2) is 11.8 Å². The molecule has 0 fully saturated rings. The smallest absolute Gasteiger partial charge is 0.448 e. The van der Waals surface area contributed by atoms with Crippen LogP contribution in [0.1, 0.15) is 23.2 Å². The molecule has 0 aromatic carbocycles. The first-order valence-corrected chi connectivity index (χ1v) is 3.79. The van der Waals surface area contributed by atoms with Crippen molar-refractivity contribution in [2.45, 2.75) is 19.1 Å². The van der Waals surface area contributed by atoms with E-state index in [1.807, 2.05) is 0 Å². The summed E-state index contributed by atoms with van der Waals surface area (Å²) in [6.45, 7) is 1.37. The molecule has 14 heavy (non-hydrogen) atoms. The van der Waals surface area contributed by atoms with E-state index in [2.05, 4.69) is 4.42 Å². The van der Waals surface area contributed by atoms with Crippen LogP contribution in [0.15, 0.2) is 16.5 Å². The molecule has 1 heterocycles. The molecule has 1 aromatic heterocycles. The fraction of sp³-hybridized carbons (Fsp3) is 0.375. The summed E-state index contributed by atoms with van der Waals surface area (Å²) in [5.41, 5.74) is 5.20. The Labute approximate surface area is 77.7 Å². The van der Waals surface area contributed by atoms with Crippen molar-refractivity contribution in [3.63, 3.8) is 0 Å². The number of hydrogen-bond donors (Lipinski definition) is 1. The molecule has 3 nitrogen and oxygen atoms in total.